The van der Waals surface area contributed by atoms with Crippen molar-refractivity contribution in [2.75, 3.05) is 20.8 Å². The lowest BCUT2D eigenvalue weighted by Gasteiger charge is -2.09. The zero-order chi connectivity index (χ0) is 19.8. The van der Waals surface area contributed by atoms with Crippen molar-refractivity contribution in [1.82, 2.24) is 15.6 Å². The molecule has 2 aliphatic heterocycles. The zero-order valence-corrected chi connectivity index (χ0v) is 15.4. The van der Waals surface area contributed by atoms with Crippen molar-refractivity contribution in [3.05, 3.63) is 41.2 Å². The largest absolute Gasteiger partial charge is 0.493 e. The van der Waals surface area contributed by atoms with Gasteiger partial charge in [0.2, 0.25) is 5.96 Å². The highest BCUT2D eigenvalue weighted by Crippen LogP contribution is 2.36. The maximum atomic E-state index is 12.5. The zero-order valence-electron chi connectivity index (χ0n) is 15.4. The van der Waals surface area contributed by atoms with Crippen molar-refractivity contribution >= 4 is 23.3 Å². The molecule has 3 heterocycles. The second-order valence-corrected chi connectivity index (χ2v) is 6.33. The molecule has 4 rings (SSSR count). The lowest BCUT2D eigenvalue weighted by molar-refractivity contribution is -0.115. The number of H-pyrrole nitrogens is 1. The number of aliphatic imine (C=N–C) groups is 1. The number of aromatic amines is 1. The number of benzene rings is 1. The van der Waals surface area contributed by atoms with Gasteiger partial charge in [0.25, 0.3) is 11.8 Å². The monoisotopic (exact) mass is 381 g/mol. The predicted octanol–water partition coefficient (Wildman–Crippen LogP) is 0.988. The summed E-state index contributed by atoms with van der Waals surface area (Å²) in [5.41, 5.74) is 9.04. The fraction of sp³-hybridized carbons (Fsp3) is 0.211. The minimum atomic E-state index is -0.373. The van der Waals surface area contributed by atoms with E-state index in [4.69, 9.17) is 15.2 Å². The van der Waals surface area contributed by atoms with E-state index in [1.165, 1.54) is 0 Å². The van der Waals surface area contributed by atoms with Gasteiger partial charge in [0.1, 0.15) is 11.4 Å². The molecule has 9 nitrogen and oxygen atoms in total. The number of aromatic nitrogens is 1. The summed E-state index contributed by atoms with van der Waals surface area (Å²) < 4.78 is 10.6. The van der Waals surface area contributed by atoms with Crippen molar-refractivity contribution in [3.8, 4) is 22.8 Å². The molecule has 1 aromatic heterocycles. The molecule has 0 radical (unpaired) electrons. The normalized spacial score (nSPS) is 18.7. The number of nitrogens with zero attached hydrogens (tertiary/aromatic N) is 1. The van der Waals surface area contributed by atoms with Gasteiger partial charge in [0, 0.05) is 23.4 Å². The van der Waals surface area contributed by atoms with Gasteiger partial charge in [-0.1, -0.05) is 0 Å². The fourth-order valence-electron chi connectivity index (χ4n) is 3.38. The summed E-state index contributed by atoms with van der Waals surface area (Å²) in [4.78, 5) is 32.0. The molecule has 0 spiro atoms. The summed E-state index contributed by atoms with van der Waals surface area (Å²) in [6.07, 6.45) is 0.460. The van der Waals surface area contributed by atoms with E-state index in [0.29, 0.717) is 47.0 Å². The molecule has 0 bridgehead atoms. The molecule has 2 aromatic rings. The lowest BCUT2D eigenvalue weighted by Crippen LogP contribution is -2.30. The number of methoxy groups -OCH3 is 2. The molecule has 2 aliphatic rings. The number of rotatable bonds is 3. The van der Waals surface area contributed by atoms with Crippen LogP contribution in [0.3, 0.4) is 0 Å². The quantitative estimate of drug-likeness (QED) is 0.589. The Bertz CT molecular complexity index is 1050. The van der Waals surface area contributed by atoms with E-state index in [1.54, 1.807) is 20.3 Å². The minimum Gasteiger partial charge on any atom is -0.493 e. The van der Waals surface area contributed by atoms with Crippen LogP contribution in [-0.4, -0.2) is 43.5 Å². The Hall–Kier alpha value is -3.75. The Morgan fingerprint density at radius 1 is 1.07 bits per heavy atom. The second-order valence-electron chi connectivity index (χ2n) is 6.33. The number of guanidine groups is 1. The van der Waals surface area contributed by atoms with E-state index in [1.807, 2.05) is 18.2 Å². The maximum absolute atomic E-state index is 12.5. The highest BCUT2D eigenvalue weighted by atomic mass is 16.5. The van der Waals surface area contributed by atoms with Crippen LogP contribution in [0.25, 0.3) is 16.8 Å². The molecule has 9 heteroatoms. The summed E-state index contributed by atoms with van der Waals surface area (Å²) >= 11 is 0. The van der Waals surface area contributed by atoms with Crippen LogP contribution in [0.1, 0.15) is 22.5 Å². The predicted molar refractivity (Wildman–Crippen MR) is 103 cm³/mol. The van der Waals surface area contributed by atoms with E-state index in [2.05, 4.69) is 20.6 Å². The molecule has 1 aromatic carbocycles. The first-order valence-electron chi connectivity index (χ1n) is 8.64. The van der Waals surface area contributed by atoms with Crippen molar-refractivity contribution in [1.29, 1.82) is 0 Å². The lowest BCUT2D eigenvalue weighted by atomic mass is 10.0. The van der Waals surface area contributed by atoms with Gasteiger partial charge in [-0.25, -0.2) is 4.99 Å². The average molecular weight is 381 g/mol. The van der Waals surface area contributed by atoms with Gasteiger partial charge < -0.3 is 25.5 Å². The molecule has 0 atom stereocenters. The Kier molecular flexibility index (Phi) is 4.26. The Morgan fingerprint density at radius 3 is 2.54 bits per heavy atom. The third-order valence-corrected chi connectivity index (χ3v) is 4.70. The van der Waals surface area contributed by atoms with E-state index in [9.17, 15) is 9.59 Å². The molecule has 5 N–H and O–H groups in total. The molecule has 0 saturated carbocycles. The number of hydrogen-bond acceptors (Lipinski definition) is 6. The van der Waals surface area contributed by atoms with Crippen molar-refractivity contribution in [2.24, 2.45) is 10.7 Å². The number of hydrogen-bond donors (Lipinski definition) is 4. The Balaban J connectivity index is 1.86. The van der Waals surface area contributed by atoms with Gasteiger partial charge >= 0.3 is 0 Å². The third-order valence-electron chi connectivity index (χ3n) is 4.70. The fourth-order valence-corrected chi connectivity index (χ4v) is 3.38. The number of carbonyl (C=O) groups is 2. The van der Waals surface area contributed by atoms with Crippen LogP contribution in [0.4, 0.5) is 0 Å². The van der Waals surface area contributed by atoms with Gasteiger partial charge in [-0.05, 0) is 36.3 Å². The molecule has 28 heavy (non-hydrogen) atoms. The number of nitrogens with two attached hydrogens (primary N) is 1. The van der Waals surface area contributed by atoms with E-state index < -0.39 is 0 Å². The number of amides is 2. The van der Waals surface area contributed by atoms with Crippen molar-refractivity contribution < 1.29 is 19.1 Å². The van der Waals surface area contributed by atoms with Gasteiger partial charge in [-0.15, -0.1) is 0 Å². The second kappa shape index (κ2) is 6.76. The van der Waals surface area contributed by atoms with Gasteiger partial charge in [0.15, 0.2) is 11.5 Å². The van der Waals surface area contributed by atoms with Crippen LogP contribution in [0.2, 0.25) is 0 Å². The molecular weight excluding hydrogens is 362 g/mol. The van der Waals surface area contributed by atoms with Gasteiger partial charge in [0.05, 0.1) is 14.2 Å². The molecule has 0 saturated heterocycles. The number of nitrogens with one attached hydrogen (secondary N) is 3. The smallest absolute Gasteiger partial charge is 0.277 e. The van der Waals surface area contributed by atoms with Crippen LogP contribution < -0.4 is 25.8 Å². The molecule has 2 amide bonds. The topological polar surface area (TPSA) is 131 Å². The van der Waals surface area contributed by atoms with E-state index in [-0.39, 0.29) is 23.5 Å². The SMILES string of the molecule is COc1ccc(-c2cc3c([nH]2)C(=O)NCC/C3=C2/N=C(N)NC2=O)cc1OC. The summed E-state index contributed by atoms with van der Waals surface area (Å²) in [6.45, 7) is 0.397. The first kappa shape index (κ1) is 17.7. The molecule has 144 valence electrons. The summed E-state index contributed by atoms with van der Waals surface area (Å²) in [5, 5.41) is 5.30. The van der Waals surface area contributed by atoms with Crippen LogP contribution in [0.15, 0.2) is 35.0 Å². The van der Waals surface area contributed by atoms with Crippen LogP contribution in [-0.2, 0) is 4.79 Å². The van der Waals surface area contributed by atoms with Crippen LogP contribution in [0.5, 0.6) is 11.5 Å². The van der Waals surface area contributed by atoms with E-state index in [0.717, 1.165) is 5.56 Å². The van der Waals surface area contributed by atoms with Gasteiger partial charge in [-0.3, -0.25) is 14.9 Å². The van der Waals surface area contributed by atoms with E-state index >= 15 is 0 Å². The summed E-state index contributed by atoms with van der Waals surface area (Å²) in [7, 11) is 3.12. The number of carbonyl (C=O) groups excluding carboxylic acids is 2. The first-order chi connectivity index (χ1) is 13.5. The summed E-state index contributed by atoms with van der Waals surface area (Å²) in [5.74, 6) is 0.607. The number of fused-ring (bicyclic) bond motifs is 1. The minimum absolute atomic E-state index is 0.0493. The standard InChI is InChI=1S/C19H19N5O4/c1-27-13-4-3-9(7-14(13)28-2)12-8-11-10(15-18(26)24-19(20)23-15)5-6-21-17(25)16(11)22-12/h3-4,7-8,22H,5-6H2,1-2H3,(H,21,25)(H3,20,23,24,26)/b15-10-. The molecular formula is C19H19N5O4. The Morgan fingerprint density at radius 2 is 1.86 bits per heavy atom. The molecule has 0 aliphatic carbocycles. The van der Waals surface area contributed by atoms with Crippen molar-refractivity contribution in [3.63, 3.8) is 0 Å². The molecule has 0 unspecified atom stereocenters. The van der Waals surface area contributed by atoms with Crippen LogP contribution in [0, 0.1) is 0 Å². The van der Waals surface area contributed by atoms with Crippen LogP contribution >= 0.6 is 0 Å². The molecule has 0 fully saturated rings. The van der Waals surface area contributed by atoms with Gasteiger partial charge in [-0.2, -0.15) is 0 Å². The Labute approximate surface area is 160 Å². The third kappa shape index (κ3) is 2.86. The maximum Gasteiger partial charge on any atom is 0.277 e. The summed E-state index contributed by atoms with van der Waals surface area (Å²) in [6, 6.07) is 7.29. The van der Waals surface area contributed by atoms with Crippen molar-refractivity contribution in [2.45, 2.75) is 6.42 Å². The highest BCUT2D eigenvalue weighted by molar-refractivity contribution is 6.16. The first-order valence-corrected chi connectivity index (χ1v) is 8.64. The average Bonchev–Trinajstić information content (AvgIpc) is 3.24. The number of ether oxygens (including phenoxy) is 2. The highest BCUT2D eigenvalue weighted by Gasteiger charge is 2.29.